The van der Waals surface area contributed by atoms with Gasteiger partial charge in [-0.05, 0) is 43.0 Å². The molecule has 2 heterocycles. The minimum atomic E-state index is -0.943. The first-order valence-electron chi connectivity index (χ1n) is 7.04. The number of hydrogen-bond acceptors (Lipinski definition) is 3. The summed E-state index contributed by atoms with van der Waals surface area (Å²) in [6.07, 6.45) is 1.98. The van der Waals surface area contributed by atoms with Gasteiger partial charge < -0.3 is 14.7 Å². The Bertz CT molecular complexity index is 589. The second-order valence-electron chi connectivity index (χ2n) is 5.44. The maximum atomic E-state index is 12.6. The Labute approximate surface area is 127 Å². The summed E-state index contributed by atoms with van der Waals surface area (Å²) < 4.78 is 5.66. The third kappa shape index (κ3) is 2.70. The summed E-state index contributed by atoms with van der Waals surface area (Å²) in [5.41, 5.74) is 0.893. The first kappa shape index (κ1) is 14.2. The lowest BCUT2D eigenvalue weighted by atomic mass is 10.0. The molecule has 0 bridgehead atoms. The maximum absolute atomic E-state index is 12.6. The number of rotatable bonds is 2. The van der Waals surface area contributed by atoms with Crippen molar-refractivity contribution >= 4 is 23.5 Å². The van der Waals surface area contributed by atoms with Crippen LogP contribution in [-0.4, -0.2) is 40.6 Å². The molecule has 1 N–H and O–H groups in total. The molecule has 0 saturated carbocycles. The number of hydrogen-bond donors (Lipinski definition) is 1. The molecule has 112 valence electrons. The van der Waals surface area contributed by atoms with Gasteiger partial charge in [0.2, 0.25) is 0 Å². The highest BCUT2D eigenvalue weighted by molar-refractivity contribution is 6.30. The Morgan fingerprint density at radius 2 is 2.14 bits per heavy atom. The van der Waals surface area contributed by atoms with E-state index >= 15 is 0 Å². The van der Waals surface area contributed by atoms with Crippen LogP contribution in [-0.2, 0) is 16.0 Å². The van der Waals surface area contributed by atoms with Crippen molar-refractivity contribution in [3.05, 3.63) is 28.8 Å². The van der Waals surface area contributed by atoms with Gasteiger partial charge in [-0.15, -0.1) is 0 Å². The standard InChI is InChI=1S/C15H16ClNO4/c16-10-4-5-12-9(7-10)8-13(21-12)14(18)17-6-2-1-3-11(17)15(19)20/h4-5,7,11,13H,1-3,6,8H2,(H,19,20)/t11-,13?/m1/s1. The molecule has 1 aromatic carbocycles. The molecule has 2 aliphatic heterocycles. The van der Waals surface area contributed by atoms with Gasteiger partial charge in [-0.2, -0.15) is 0 Å². The van der Waals surface area contributed by atoms with E-state index in [0.717, 1.165) is 18.4 Å². The Kier molecular flexibility index (Phi) is 3.76. The van der Waals surface area contributed by atoms with E-state index in [0.29, 0.717) is 30.2 Å². The highest BCUT2D eigenvalue weighted by atomic mass is 35.5. The van der Waals surface area contributed by atoms with Crippen LogP contribution in [0, 0.1) is 0 Å². The summed E-state index contributed by atoms with van der Waals surface area (Å²) >= 11 is 5.94. The van der Waals surface area contributed by atoms with E-state index in [1.165, 1.54) is 4.90 Å². The van der Waals surface area contributed by atoms with E-state index < -0.39 is 18.1 Å². The summed E-state index contributed by atoms with van der Waals surface area (Å²) in [7, 11) is 0. The number of piperidine rings is 1. The van der Waals surface area contributed by atoms with E-state index in [-0.39, 0.29) is 5.91 Å². The molecule has 1 saturated heterocycles. The minimum absolute atomic E-state index is 0.241. The van der Waals surface area contributed by atoms with Crippen molar-refractivity contribution in [3.8, 4) is 5.75 Å². The van der Waals surface area contributed by atoms with Crippen LogP contribution in [0.2, 0.25) is 5.02 Å². The Balaban J connectivity index is 1.76. The second-order valence-corrected chi connectivity index (χ2v) is 5.88. The minimum Gasteiger partial charge on any atom is -0.480 e. The molecule has 1 unspecified atom stereocenters. The number of carboxylic acid groups (broad SMARTS) is 1. The number of amides is 1. The highest BCUT2D eigenvalue weighted by Crippen LogP contribution is 2.32. The summed E-state index contributed by atoms with van der Waals surface area (Å²) in [5, 5.41) is 9.86. The molecule has 0 aliphatic carbocycles. The van der Waals surface area contributed by atoms with E-state index in [2.05, 4.69) is 0 Å². The van der Waals surface area contributed by atoms with Gasteiger partial charge in [0, 0.05) is 18.0 Å². The zero-order valence-electron chi connectivity index (χ0n) is 11.4. The number of carbonyl (C=O) groups excluding carboxylic acids is 1. The number of aliphatic carboxylic acids is 1. The Morgan fingerprint density at radius 1 is 1.33 bits per heavy atom. The van der Waals surface area contributed by atoms with Gasteiger partial charge in [-0.1, -0.05) is 11.6 Å². The van der Waals surface area contributed by atoms with Crippen molar-refractivity contribution < 1.29 is 19.4 Å². The normalized spacial score (nSPS) is 24.3. The average molecular weight is 310 g/mol. The number of halogens is 1. The molecule has 1 fully saturated rings. The number of carbonyl (C=O) groups is 2. The zero-order chi connectivity index (χ0) is 15.0. The van der Waals surface area contributed by atoms with Crippen LogP contribution < -0.4 is 4.74 Å². The van der Waals surface area contributed by atoms with Crippen molar-refractivity contribution in [2.24, 2.45) is 0 Å². The van der Waals surface area contributed by atoms with Crippen molar-refractivity contribution in [1.29, 1.82) is 0 Å². The van der Waals surface area contributed by atoms with E-state index in [1.54, 1.807) is 18.2 Å². The van der Waals surface area contributed by atoms with Crippen LogP contribution in [0.4, 0.5) is 0 Å². The van der Waals surface area contributed by atoms with Gasteiger partial charge in [0.05, 0.1) is 0 Å². The van der Waals surface area contributed by atoms with Crippen LogP contribution in [0.3, 0.4) is 0 Å². The SMILES string of the molecule is O=C(O)[C@H]1CCCCN1C(=O)C1Cc2cc(Cl)ccc2O1. The molecule has 3 rings (SSSR count). The lowest BCUT2D eigenvalue weighted by Gasteiger charge is -2.34. The van der Waals surface area contributed by atoms with Crippen LogP contribution in [0.5, 0.6) is 5.75 Å². The van der Waals surface area contributed by atoms with Crippen LogP contribution >= 0.6 is 11.6 Å². The van der Waals surface area contributed by atoms with E-state index in [9.17, 15) is 14.7 Å². The van der Waals surface area contributed by atoms with Crippen LogP contribution in [0.1, 0.15) is 24.8 Å². The average Bonchev–Trinajstić information content (AvgIpc) is 2.89. The van der Waals surface area contributed by atoms with E-state index in [4.69, 9.17) is 16.3 Å². The fourth-order valence-corrected chi connectivity index (χ4v) is 3.19. The zero-order valence-corrected chi connectivity index (χ0v) is 12.2. The summed E-state index contributed by atoms with van der Waals surface area (Å²) in [4.78, 5) is 25.3. The van der Waals surface area contributed by atoms with Crippen molar-refractivity contribution in [1.82, 2.24) is 4.90 Å². The predicted octanol–water partition coefficient (Wildman–Crippen LogP) is 2.11. The quantitative estimate of drug-likeness (QED) is 0.908. The smallest absolute Gasteiger partial charge is 0.326 e. The van der Waals surface area contributed by atoms with Crippen molar-refractivity contribution in [3.63, 3.8) is 0 Å². The Morgan fingerprint density at radius 3 is 2.90 bits per heavy atom. The molecule has 21 heavy (non-hydrogen) atoms. The first-order chi connectivity index (χ1) is 10.1. The number of ether oxygens (including phenoxy) is 1. The highest BCUT2D eigenvalue weighted by Gasteiger charge is 2.38. The number of likely N-dealkylation sites (tertiary alicyclic amines) is 1. The third-order valence-electron chi connectivity index (χ3n) is 4.04. The summed E-state index contributed by atoms with van der Waals surface area (Å²) in [5.74, 6) is -0.530. The molecule has 2 aliphatic rings. The topological polar surface area (TPSA) is 66.8 Å². The van der Waals surface area contributed by atoms with Crippen molar-refractivity contribution in [2.75, 3.05) is 6.54 Å². The lowest BCUT2D eigenvalue weighted by Crippen LogP contribution is -2.52. The molecular weight excluding hydrogens is 294 g/mol. The largest absolute Gasteiger partial charge is 0.480 e. The van der Waals surface area contributed by atoms with Gasteiger partial charge in [0.1, 0.15) is 11.8 Å². The van der Waals surface area contributed by atoms with Gasteiger partial charge in [0.25, 0.3) is 5.91 Å². The molecule has 0 radical (unpaired) electrons. The molecule has 0 spiro atoms. The number of nitrogens with zero attached hydrogens (tertiary/aromatic N) is 1. The molecule has 1 amide bonds. The van der Waals surface area contributed by atoms with E-state index in [1.807, 2.05) is 0 Å². The fraction of sp³-hybridized carbons (Fsp3) is 0.467. The molecule has 1 aromatic rings. The monoisotopic (exact) mass is 309 g/mol. The summed E-state index contributed by atoms with van der Waals surface area (Å²) in [6, 6.07) is 4.51. The Hall–Kier alpha value is -1.75. The van der Waals surface area contributed by atoms with Gasteiger partial charge in [-0.3, -0.25) is 4.79 Å². The van der Waals surface area contributed by atoms with Gasteiger partial charge >= 0.3 is 5.97 Å². The summed E-state index contributed by atoms with van der Waals surface area (Å²) in [6.45, 7) is 0.479. The molecule has 2 atom stereocenters. The number of carboxylic acids is 1. The molecular formula is C15H16ClNO4. The second kappa shape index (κ2) is 5.56. The van der Waals surface area contributed by atoms with Crippen LogP contribution in [0.25, 0.3) is 0 Å². The van der Waals surface area contributed by atoms with Gasteiger partial charge in [-0.25, -0.2) is 4.79 Å². The molecule has 6 heteroatoms. The van der Waals surface area contributed by atoms with Crippen LogP contribution in [0.15, 0.2) is 18.2 Å². The lowest BCUT2D eigenvalue weighted by molar-refractivity contribution is -0.155. The third-order valence-corrected chi connectivity index (χ3v) is 4.28. The molecule has 0 aromatic heterocycles. The predicted molar refractivity (Wildman–Crippen MR) is 76.6 cm³/mol. The van der Waals surface area contributed by atoms with Crippen molar-refractivity contribution in [2.45, 2.75) is 37.8 Å². The molecule has 5 nitrogen and oxygen atoms in total. The fourth-order valence-electron chi connectivity index (χ4n) is 2.99. The first-order valence-corrected chi connectivity index (χ1v) is 7.42. The number of benzene rings is 1. The maximum Gasteiger partial charge on any atom is 0.326 e. The number of fused-ring (bicyclic) bond motifs is 1. The van der Waals surface area contributed by atoms with Gasteiger partial charge in [0.15, 0.2) is 6.10 Å².